The van der Waals surface area contributed by atoms with Crippen LogP contribution in [0.3, 0.4) is 0 Å². The van der Waals surface area contributed by atoms with Crippen molar-refractivity contribution in [3.8, 4) is 5.75 Å². The van der Waals surface area contributed by atoms with Gasteiger partial charge >= 0.3 is 5.97 Å². The maximum absolute atomic E-state index is 10.8. The van der Waals surface area contributed by atoms with Gasteiger partial charge in [0.1, 0.15) is 11.8 Å². The van der Waals surface area contributed by atoms with Crippen LogP contribution in [-0.4, -0.2) is 36.1 Å². The average Bonchev–Trinajstić information content (AvgIpc) is 2.29. The zero-order valence-corrected chi connectivity index (χ0v) is 9.01. The average molecular weight is 225 g/mol. The number of hydrogen-bond acceptors (Lipinski definition) is 4. The van der Waals surface area contributed by atoms with Crippen LogP contribution in [0.2, 0.25) is 0 Å². The van der Waals surface area contributed by atoms with Gasteiger partial charge in [0.05, 0.1) is 13.8 Å². The Morgan fingerprint density at radius 1 is 1.44 bits per heavy atom. The molecule has 0 spiro atoms. The van der Waals surface area contributed by atoms with Gasteiger partial charge in [-0.3, -0.25) is 10.1 Å². The van der Waals surface area contributed by atoms with E-state index in [1.165, 1.54) is 0 Å². The molecular formula is C11H15NO4. The molecule has 5 heteroatoms. The van der Waals surface area contributed by atoms with Crippen molar-refractivity contribution < 1.29 is 19.7 Å². The highest BCUT2D eigenvalue weighted by Gasteiger charge is 2.16. The van der Waals surface area contributed by atoms with Crippen LogP contribution in [0, 0.1) is 0 Å². The third-order valence-corrected chi connectivity index (χ3v) is 2.23. The Hall–Kier alpha value is -1.59. The molecule has 88 valence electrons. The molecule has 0 aliphatic rings. The van der Waals surface area contributed by atoms with E-state index in [4.69, 9.17) is 14.9 Å². The van der Waals surface area contributed by atoms with Gasteiger partial charge in [0.2, 0.25) is 0 Å². The van der Waals surface area contributed by atoms with Crippen molar-refractivity contribution in [3.05, 3.63) is 29.8 Å². The lowest BCUT2D eigenvalue weighted by molar-refractivity contribution is -0.139. The fourth-order valence-corrected chi connectivity index (χ4v) is 1.35. The number of methoxy groups -OCH3 is 1. The molecule has 0 saturated heterocycles. The molecule has 1 aromatic rings. The van der Waals surface area contributed by atoms with Crippen LogP contribution in [0.1, 0.15) is 5.56 Å². The monoisotopic (exact) mass is 225 g/mol. The van der Waals surface area contributed by atoms with Crippen LogP contribution in [0.5, 0.6) is 5.75 Å². The van der Waals surface area contributed by atoms with E-state index in [-0.39, 0.29) is 6.73 Å². The quantitative estimate of drug-likeness (QED) is 0.604. The van der Waals surface area contributed by atoms with Crippen LogP contribution < -0.4 is 10.1 Å². The van der Waals surface area contributed by atoms with Crippen LogP contribution in [0.15, 0.2) is 24.3 Å². The summed E-state index contributed by atoms with van der Waals surface area (Å²) in [6, 6.07) is 6.36. The number of carbonyl (C=O) groups is 1. The largest absolute Gasteiger partial charge is 0.497 e. The molecule has 0 aliphatic heterocycles. The number of aliphatic hydroxyl groups excluding tert-OH is 1. The first kappa shape index (κ1) is 12.5. The predicted octanol–water partition coefficient (Wildman–Crippen LogP) is 0.230. The fraction of sp³-hybridized carbons (Fsp3) is 0.364. The highest BCUT2D eigenvalue weighted by atomic mass is 16.5. The summed E-state index contributed by atoms with van der Waals surface area (Å²) in [7, 11) is 1.57. The summed E-state index contributed by atoms with van der Waals surface area (Å²) in [4.78, 5) is 10.8. The molecule has 0 bridgehead atoms. The summed E-state index contributed by atoms with van der Waals surface area (Å²) in [5.74, 6) is -0.254. The number of benzene rings is 1. The van der Waals surface area contributed by atoms with Crippen molar-refractivity contribution in [2.75, 3.05) is 13.8 Å². The van der Waals surface area contributed by atoms with E-state index in [0.29, 0.717) is 6.42 Å². The molecule has 0 aliphatic carbocycles. The van der Waals surface area contributed by atoms with E-state index >= 15 is 0 Å². The normalized spacial score (nSPS) is 12.1. The van der Waals surface area contributed by atoms with Gasteiger partial charge in [-0.1, -0.05) is 12.1 Å². The minimum Gasteiger partial charge on any atom is -0.497 e. The van der Waals surface area contributed by atoms with Gasteiger partial charge in [0.15, 0.2) is 0 Å². The second kappa shape index (κ2) is 6.09. The Morgan fingerprint density at radius 2 is 2.06 bits per heavy atom. The SMILES string of the molecule is COc1ccc(C[C@H](NCO)C(=O)O)cc1. The first-order chi connectivity index (χ1) is 7.67. The zero-order valence-electron chi connectivity index (χ0n) is 9.01. The molecule has 3 N–H and O–H groups in total. The zero-order chi connectivity index (χ0) is 12.0. The first-order valence-corrected chi connectivity index (χ1v) is 4.87. The molecule has 0 heterocycles. The number of ether oxygens (including phenoxy) is 1. The minimum absolute atomic E-state index is 0.319. The predicted molar refractivity (Wildman–Crippen MR) is 58.3 cm³/mol. The van der Waals surface area contributed by atoms with Gasteiger partial charge in [-0.05, 0) is 24.1 Å². The van der Waals surface area contributed by atoms with Crippen molar-refractivity contribution in [2.45, 2.75) is 12.5 Å². The number of rotatable bonds is 6. The number of carboxylic acid groups (broad SMARTS) is 1. The second-order valence-electron chi connectivity index (χ2n) is 3.31. The van der Waals surface area contributed by atoms with Gasteiger partial charge in [-0.2, -0.15) is 0 Å². The molecule has 0 saturated carbocycles. The van der Waals surface area contributed by atoms with Crippen molar-refractivity contribution in [1.82, 2.24) is 5.32 Å². The van der Waals surface area contributed by atoms with Crippen molar-refractivity contribution in [1.29, 1.82) is 0 Å². The molecule has 1 aromatic carbocycles. The summed E-state index contributed by atoms with van der Waals surface area (Å²) in [6.07, 6.45) is 0.319. The van der Waals surface area contributed by atoms with Gasteiger partial charge in [0.25, 0.3) is 0 Å². The third-order valence-electron chi connectivity index (χ3n) is 2.23. The van der Waals surface area contributed by atoms with Gasteiger partial charge in [0, 0.05) is 0 Å². The standard InChI is InChI=1S/C11H15NO4/c1-16-9-4-2-8(3-5-9)6-10(11(14)15)12-7-13/h2-5,10,12-13H,6-7H2,1H3,(H,14,15)/t10-/m0/s1. The van der Waals surface area contributed by atoms with E-state index in [2.05, 4.69) is 5.32 Å². The minimum atomic E-state index is -0.982. The Kier molecular flexibility index (Phi) is 4.75. The number of aliphatic hydroxyl groups is 1. The van der Waals surface area contributed by atoms with E-state index in [1.54, 1.807) is 31.4 Å². The first-order valence-electron chi connectivity index (χ1n) is 4.87. The summed E-state index contributed by atoms with van der Waals surface area (Å²) in [6.45, 7) is -0.354. The van der Waals surface area contributed by atoms with Gasteiger partial charge in [-0.25, -0.2) is 0 Å². The lowest BCUT2D eigenvalue weighted by atomic mass is 10.1. The van der Waals surface area contributed by atoms with Gasteiger partial charge in [-0.15, -0.1) is 0 Å². The highest BCUT2D eigenvalue weighted by molar-refractivity contribution is 5.73. The van der Waals surface area contributed by atoms with Crippen LogP contribution in [0.25, 0.3) is 0 Å². The van der Waals surface area contributed by atoms with Crippen LogP contribution in [-0.2, 0) is 11.2 Å². The Morgan fingerprint density at radius 3 is 2.50 bits per heavy atom. The molecule has 0 radical (unpaired) electrons. The number of nitrogens with one attached hydrogen (secondary N) is 1. The van der Waals surface area contributed by atoms with E-state index < -0.39 is 12.0 Å². The maximum atomic E-state index is 10.8. The molecular weight excluding hydrogens is 210 g/mol. The fourth-order valence-electron chi connectivity index (χ4n) is 1.35. The smallest absolute Gasteiger partial charge is 0.321 e. The molecule has 0 unspecified atom stereocenters. The topological polar surface area (TPSA) is 78.8 Å². The van der Waals surface area contributed by atoms with Gasteiger partial charge < -0.3 is 14.9 Å². The second-order valence-corrected chi connectivity index (χ2v) is 3.31. The molecule has 0 aromatic heterocycles. The number of hydrogen-bond donors (Lipinski definition) is 3. The van der Waals surface area contributed by atoms with E-state index in [9.17, 15) is 4.79 Å². The van der Waals surface area contributed by atoms with Crippen molar-refractivity contribution >= 4 is 5.97 Å². The number of carboxylic acids is 1. The third kappa shape index (κ3) is 3.52. The van der Waals surface area contributed by atoms with Crippen molar-refractivity contribution in [2.24, 2.45) is 0 Å². The summed E-state index contributed by atoms with van der Waals surface area (Å²) in [5, 5.41) is 20.0. The summed E-state index contributed by atoms with van der Waals surface area (Å²) < 4.78 is 5.00. The van der Waals surface area contributed by atoms with Crippen molar-refractivity contribution in [3.63, 3.8) is 0 Å². The molecule has 0 fully saturated rings. The van der Waals surface area contributed by atoms with E-state index in [1.807, 2.05) is 0 Å². The molecule has 1 rings (SSSR count). The summed E-state index contributed by atoms with van der Waals surface area (Å²) >= 11 is 0. The van der Waals surface area contributed by atoms with Crippen LogP contribution in [0.4, 0.5) is 0 Å². The lowest BCUT2D eigenvalue weighted by Crippen LogP contribution is -2.38. The molecule has 5 nitrogen and oxygen atoms in total. The van der Waals surface area contributed by atoms with Crippen LogP contribution >= 0.6 is 0 Å². The number of aliphatic carboxylic acids is 1. The van der Waals surface area contributed by atoms with E-state index in [0.717, 1.165) is 11.3 Å². The molecule has 0 amide bonds. The Balaban J connectivity index is 2.65. The molecule has 1 atom stereocenters. The Bertz CT molecular complexity index is 336. The lowest BCUT2D eigenvalue weighted by Gasteiger charge is -2.12. The summed E-state index contributed by atoms with van der Waals surface area (Å²) in [5.41, 5.74) is 0.870. The maximum Gasteiger partial charge on any atom is 0.321 e. The molecule has 16 heavy (non-hydrogen) atoms. The Labute approximate surface area is 93.7 Å². The highest BCUT2D eigenvalue weighted by Crippen LogP contribution is 2.12.